The average molecular weight is 311 g/mol. The molecule has 2 heterocycles. The number of aromatic carboxylic acids is 1. The van der Waals surface area contributed by atoms with Crippen LogP contribution in [0.5, 0.6) is 0 Å². The number of benzene rings is 1. The van der Waals surface area contributed by atoms with E-state index in [4.69, 9.17) is 0 Å². The van der Waals surface area contributed by atoms with Crippen LogP contribution in [0, 0.1) is 10.1 Å². The Balaban J connectivity index is 2.18. The summed E-state index contributed by atoms with van der Waals surface area (Å²) in [6.07, 6.45) is 3.08. The first-order valence-electron chi connectivity index (χ1n) is 6.42. The molecule has 0 saturated carbocycles. The Kier molecular flexibility index (Phi) is 3.51. The number of nitro benzene ring substituents is 1. The number of nitrogens with zero attached hydrogens (tertiary/aromatic N) is 5. The van der Waals surface area contributed by atoms with E-state index >= 15 is 0 Å². The van der Waals surface area contributed by atoms with Crippen LogP contribution in [0.15, 0.2) is 48.8 Å². The first-order chi connectivity index (χ1) is 11.1. The Morgan fingerprint density at radius 2 is 1.78 bits per heavy atom. The zero-order valence-electron chi connectivity index (χ0n) is 11.5. The Morgan fingerprint density at radius 3 is 2.35 bits per heavy atom. The molecule has 0 radical (unpaired) electrons. The van der Waals surface area contributed by atoms with Crippen LogP contribution in [0.2, 0.25) is 0 Å². The molecule has 3 rings (SSSR count). The minimum atomic E-state index is -1.24. The smallest absolute Gasteiger partial charge is 0.358 e. The summed E-state index contributed by atoms with van der Waals surface area (Å²) < 4.78 is 1.35. The van der Waals surface area contributed by atoms with Gasteiger partial charge in [-0.25, -0.2) is 9.48 Å². The third-order valence-corrected chi connectivity index (χ3v) is 3.13. The molecule has 0 aliphatic rings. The van der Waals surface area contributed by atoms with Crippen LogP contribution in [0.3, 0.4) is 0 Å². The van der Waals surface area contributed by atoms with E-state index in [1.807, 2.05) is 0 Å². The number of hydrogen-bond acceptors (Lipinski definition) is 6. The van der Waals surface area contributed by atoms with Gasteiger partial charge in [0.2, 0.25) is 0 Å². The molecular formula is C14H9N5O4. The van der Waals surface area contributed by atoms with Gasteiger partial charge in [0.1, 0.15) is 5.69 Å². The van der Waals surface area contributed by atoms with Crippen molar-refractivity contribution in [3.63, 3.8) is 0 Å². The minimum absolute atomic E-state index is 0.0893. The first-order valence-corrected chi connectivity index (χ1v) is 6.42. The molecule has 0 fully saturated rings. The van der Waals surface area contributed by atoms with E-state index in [9.17, 15) is 20.0 Å². The van der Waals surface area contributed by atoms with E-state index in [1.54, 1.807) is 12.1 Å². The van der Waals surface area contributed by atoms with Crippen molar-refractivity contribution < 1.29 is 14.8 Å². The lowest BCUT2D eigenvalue weighted by Gasteiger charge is -2.06. The van der Waals surface area contributed by atoms with Gasteiger partial charge in [0.15, 0.2) is 5.69 Å². The van der Waals surface area contributed by atoms with Crippen molar-refractivity contribution in [2.24, 2.45) is 0 Å². The number of aromatic nitrogens is 4. The zero-order valence-corrected chi connectivity index (χ0v) is 11.5. The molecular weight excluding hydrogens is 302 g/mol. The fourth-order valence-corrected chi connectivity index (χ4v) is 2.09. The van der Waals surface area contributed by atoms with Crippen molar-refractivity contribution in [2.45, 2.75) is 0 Å². The molecule has 23 heavy (non-hydrogen) atoms. The van der Waals surface area contributed by atoms with Crippen LogP contribution >= 0.6 is 0 Å². The van der Waals surface area contributed by atoms with Gasteiger partial charge < -0.3 is 5.11 Å². The predicted octanol–water partition coefficient (Wildman–Crippen LogP) is 1.94. The molecule has 0 saturated heterocycles. The predicted molar refractivity (Wildman–Crippen MR) is 78.2 cm³/mol. The maximum atomic E-state index is 11.4. The summed E-state index contributed by atoms with van der Waals surface area (Å²) in [5.41, 5.74) is 0.936. The highest BCUT2D eigenvalue weighted by molar-refractivity contribution is 5.93. The maximum Gasteiger partial charge on any atom is 0.358 e. The molecule has 2 aromatic heterocycles. The molecule has 0 aliphatic carbocycles. The molecule has 0 bridgehead atoms. The lowest BCUT2D eigenvalue weighted by molar-refractivity contribution is -0.384. The van der Waals surface area contributed by atoms with Crippen molar-refractivity contribution in [1.29, 1.82) is 0 Å². The highest BCUT2D eigenvalue weighted by Crippen LogP contribution is 2.27. The summed E-state index contributed by atoms with van der Waals surface area (Å²) in [5, 5.41) is 27.6. The summed E-state index contributed by atoms with van der Waals surface area (Å²) in [6.45, 7) is 0. The summed E-state index contributed by atoms with van der Waals surface area (Å²) in [7, 11) is 0. The molecule has 114 valence electrons. The van der Waals surface area contributed by atoms with E-state index in [1.165, 1.54) is 41.3 Å². The highest BCUT2D eigenvalue weighted by Gasteiger charge is 2.22. The van der Waals surface area contributed by atoms with Gasteiger partial charge in [-0.2, -0.15) is 0 Å². The standard InChI is InChI=1S/C14H9N5O4/c20-14(21)12-13(9-1-3-11(4-2-9)19(22)23)18(17-16-12)10-5-7-15-8-6-10/h1-8H,(H,20,21). The van der Waals surface area contributed by atoms with E-state index in [-0.39, 0.29) is 17.1 Å². The molecule has 0 spiro atoms. The number of hydrogen-bond donors (Lipinski definition) is 1. The molecule has 9 nitrogen and oxygen atoms in total. The SMILES string of the molecule is O=C(O)c1nnn(-c2ccncc2)c1-c1ccc([N+](=O)[O-])cc1. The molecule has 0 aliphatic heterocycles. The fourth-order valence-electron chi connectivity index (χ4n) is 2.09. The van der Waals surface area contributed by atoms with E-state index in [2.05, 4.69) is 15.3 Å². The first kappa shape index (κ1) is 14.3. The second-order valence-corrected chi connectivity index (χ2v) is 4.51. The number of pyridine rings is 1. The van der Waals surface area contributed by atoms with E-state index in [0.717, 1.165) is 0 Å². The Hall–Kier alpha value is -3.62. The van der Waals surface area contributed by atoms with Crippen molar-refractivity contribution >= 4 is 11.7 Å². The van der Waals surface area contributed by atoms with Gasteiger partial charge >= 0.3 is 5.97 Å². The Morgan fingerprint density at radius 1 is 1.13 bits per heavy atom. The van der Waals surface area contributed by atoms with Gasteiger partial charge in [-0.15, -0.1) is 5.10 Å². The average Bonchev–Trinajstić information content (AvgIpc) is 3.01. The van der Waals surface area contributed by atoms with Gasteiger partial charge in [-0.1, -0.05) is 5.21 Å². The number of carbonyl (C=O) groups is 1. The van der Waals surface area contributed by atoms with Crippen molar-refractivity contribution in [2.75, 3.05) is 0 Å². The summed E-state index contributed by atoms with van der Waals surface area (Å²) >= 11 is 0. The molecule has 0 amide bonds. The number of carboxylic acid groups (broad SMARTS) is 1. The molecule has 0 unspecified atom stereocenters. The lowest BCUT2D eigenvalue weighted by atomic mass is 10.1. The third kappa shape index (κ3) is 2.62. The monoisotopic (exact) mass is 311 g/mol. The number of non-ortho nitro benzene ring substituents is 1. The summed E-state index contributed by atoms with van der Waals surface area (Å²) in [6, 6.07) is 8.81. The second-order valence-electron chi connectivity index (χ2n) is 4.51. The number of carboxylic acids is 1. The molecule has 3 aromatic rings. The van der Waals surface area contributed by atoms with Gasteiger partial charge in [-0.3, -0.25) is 15.1 Å². The van der Waals surface area contributed by atoms with Crippen LogP contribution in [-0.4, -0.2) is 36.0 Å². The highest BCUT2D eigenvalue weighted by atomic mass is 16.6. The summed E-state index contributed by atoms with van der Waals surface area (Å²) in [4.78, 5) is 25.5. The van der Waals surface area contributed by atoms with Gasteiger partial charge in [-0.05, 0) is 24.3 Å². The number of rotatable bonds is 4. The van der Waals surface area contributed by atoms with E-state index < -0.39 is 10.9 Å². The minimum Gasteiger partial charge on any atom is -0.476 e. The van der Waals surface area contributed by atoms with Gasteiger partial charge in [0.05, 0.1) is 10.6 Å². The van der Waals surface area contributed by atoms with Gasteiger partial charge in [0.25, 0.3) is 5.69 Å². The quantitative estimate of drug-likeness (QED) is 0.576. The van der Waals surface area contributed by atoms with Crippen LogP contribution < -0.4 is 0 Å². The topological polar surface area (TPSA) is 124 Å². The normalized spacial score (nSPS) is 10.4. The van der Waals surface area contributed by atoms with Crippen molar-refractivity contribution in [3.05, 3.63) is 64.6 Å². The van der Waals surface area contributed by atoms with E-state index in [0.29, 0.717) is 11.3 Å². The Bertz CT molecular complexity index is 874. The molecule has 9 heteroatoms. The molecule has 0 atom stereocenters. The lowest BCUT2D eigenvalue weighted by Crippen LogP contribution is -2.03. The van der Waals surface area contributed by atoms with Crippen LogP contribution in [0.1, 0.15) is 10.5 Å². The Labute approximate surface area is 129 Å². The van der Waals surface area contributed by atoms with Gasteiger partial charge in [0, 0.05) is 30.1 Å². The zero-order chi connectivity index (χ0) is 16.4. The second kappa shape index (κ2) is 5.64. The van der Waals surface area contributed by atoms with Crippen molar-refractivity contribution in [1.82, 2.24) is 20.0 Å². The molecule has 1 aromatic carbocycles. The van der Waals surface area contributed by atoms with Crippen LogP contribution in [-0.2, 0) is 0 Å². The van der Waals surface area contributed by atoms with Crippen molar-refractivity contribution in [3.8, 4) is 16.9 Å². The molecule has 1 N–H and O–H groups in total. The maximum absolute atomic E-state index is 11.4. The van der Waals surface area contributed by atoms with Crippen LogP contribution in [0.4, 0.5) is 5.69 Å². The fraction of sp³-hybridized carbons (Fsp3) is 0. The number of nitro groups is 1. The third-order valence-electron chi connectivity index (χ3n) is 3.13. The summed E-state index contributed by atoms with van der Waals surface area (Å²) in [5.74, 6) is -1.24. The van der Waals surface area contributed by atoms with Crippen LogP contribution in [0.25, 0.3) is 16.9 Å². The largest absolute Gasteiger partial charge is 0.476 e.